The fraction of sp³-hybridized carbons (Fsp3) is 0.417. The third-order valence-electron chi connectivity index (χ3n) is 2.33. The van der Waals surface area contributed by atoms with Crippen molar-refractivity contribution < 1.29 is 22.7 Å². The maximum absolute atomic E-state index is 12.3. The lowest BCUT2D eigenvalue weighted by atomic mass is 10.1. The molecule has 0 saturated heterocycles. The summed E-state index contributed by atoms with van der Waals surface area (Å²) in [5, 5.41) is 0. The van der Waals surface area contributed by atoms with Gasteiger partial charge in [-0.15, -0.1) is 0 Å². The van der Waals surface area contributed by atoms with Crippen LogP contribution in [0.1, 0.15) is 36.2 Å². The van der Waals surface area contributed by atoms with E-state index in [4.69, 9.17) is 4.74 Å². The zero-order chi connectivity index (χ0) is 13.1. The number of carbonyl (C=O) groups is 1. The van der Waals surface area contributed by atoms with E-state index in [2.05, 4.69) is 0 Å². The number of hydrogen-bond acceptors (Lipinski definition) is 2. The van der Waals surface area contributed by atoms with Gasteiger partial charge in [-0.1, -0.05) is 6.92 Å². The van der Waals surface area contributed by atoms with Crippen molar-refractivity contribution in [1.82, 2.24) is 0 Å². The summed E-state index contributed by atoms with van der Waals surface area (Å²) >= 11 is 0. The summed E-state index contributed by atoms with van der Waals surface area (Å²) in [6.45, 7) is 3.58. The molecule has 2 nitrogen and oxygen atoms in total. The van der Waals surface area contributed by atoms with Crippen LogP contribution in [0.3, 0.4) is 0 Å². The lowest BCUT2D eigenvalue weighted by Crippen LogP contribution is -2.14. The zero-order valence-electron chi connectivity index (χ0n) is 9.54. The molecule has 0 aliphatic heterocycles. The van der Waals surface area contributed by atoms with Crippen molar-refractivity contribution in [3.8, 4) is 0 Å². The Morgan fingerprint density at radius 1 is 1.29 bits per heavy atom. The Kier molecular flexibility index (Phi) is 4.15. The largest absolute Gasteiger partial charge is 0.459 e. The summed E-state index contributed by atoms with van der Waals surface area (Å²) in [6, 6.07) is 3.97. The van der Waals surface area contributed by atoms with Crippen LogP contribution in [-0.2, 0) is 10.9 Å². The molecule has 1 aromatic rings. The highest BCUT2D eigenvalue weighted by Crippen LogP contribution is 2.29. The van der Waals surface area contributed by atoms with Crippen LogP contribution in [0.25, 0.3) is 0 Å². The second-order valence-electron chi connectivity index (χ2n) is 3.70. The zero-order valence-corrected chi connectivity index (χ0v) is 9.54. The van der Waals surface area contributed by atoms with Crippen LogP contribution < -0.4 is 0 Å². The molecule has 17 heavy (non-hydrogen) atoms. The molecule has 1 rings (SSSR count). The summed E-state index contributed by atoms with van der Waals surface area (Å²) in [6.07, 6.45) is -3.98. The highest BCUT2D eigenvalue weighted by molar-refractivity contribution is 5.89. The molecular formula is C12H13F3O2. The van der Waals surface area contributed by atoms with Crippen molar-refractivity contribution in [2.24, 2.45) is 0 Å². The number of carbonyl (C=O) groups excluding carboxylic acids is 1. The maximum atomic E-state index is 12.3. The van der Waals surface area contributed by atoms with Gasteiger partial charge in [-0.05, 0) is 37.6 Å². The van der Waals surface area contributed by atoms with Gasteiger partial charge in [0.2, 0.25) is 0 Å². The first-order chi connectivity index (χ1) is 7.84. The van der Waals surface area contributed by atoms with Crippen LogP contribution in [0.15, 0.2) is 24.3 Å². The monoisotopic (exact) mass is 246 g/mol. The van der Waals surface area contributed by atoms with Gasteiger partial charge in [-0.3, -0.25) is 0 Å². The molecular weight excluding hydrogens is 233 g/mol. The molecule has 0 radical (unpaired) electrons. The first-order valence-electron chi connectivity index (χ1n) is 5.22. The van der Waals surface area contributed by atoms with Gasteiger partial charge in [0.25, 0.3) is 0 Å². The van der Waals surface area contributed by atoms with Gasteiger partial charge in [0, 0.05) is 0 Å². The standard InChI is InChI=1S/C12H13F3O2/c1-3-8(2)17-11(16)9-4-6-10(7-5-9)12(13,14)15/h4-8H,3H2,1-2H3. The molecule has 0 aromatic heterocycles. The predicted octanol–water partition coefficient (Wildman–Crippen LogP) is 3.66. The fourth-order valence-electron chi connectivity index (χ4n) is 1.13. The summed E-state index contributed by atoms with van der Waals surface area (Å²) in [5.74, 6) is -0.604. The van der Waals surface area contributed by atoms with E-state index in [1.165, 1.54) is 0 Å². The summed E-state index contributed by atoms with van der Waals surface area (Å²) in [4.78, 5) is 11.5. The van der Waals surface area contributed by atoms with E-state index < -0.39 is 17.7 Å². The molecule has 0 N–H and O–H groups in total. The van der Waals surface area contributed by atoms with Gasteiger partial charge in [-0.25, -0.2) is 4.79 Å². The van der Waals surface area contributed by atoms with Crippen LogP contribution in [0.2, 0.25) is 0 Å². The maximum Gasteiger partial charge on any atom is 0.416 e. The third-order valence-corrected chi connectivity index (χ3v) is 2.33. The van der Waals surface area contributed by atoms with Crippen molar-refractivity contribution in [1.29, 1.82) is 0 Å². The molecule has 0 bridgehead atoms. The lowest BCUT2D eigenvalue weighted by molar-refractivity contribution is -0.137. The Balaban J connectivity index is 2.78. The number of alkyl halides is 3. The Hall–Kier alpha value is -1.52. The summed E-state index contributed by atoms with van der Waals surface area (Å²) in [5.41, 5.74) is -0.657. The minimum absolute atomic E-state index is 0.123. The molecule has 0 fully saturated rings. The fourth-order valence-corrected chi connectivity index (χ4v) is 1.13. The average molecular weight is 246 g/mol. The summed E-state index contributed by atoms with van der Waals surface area (Å²) < 4.78 is 41.8. The van der Waals surface area contributed by atoms with Gasteiger partial charge in [0.05, 0.1) is 17.2 Å². The molecule has 0 saturated carbocycles. The van der Waals surface area contributed by atoms with Crippen molar-refractivity contribution in [3.63, 3.8) is 0 Å². The molecule has 0 amide bonds. The quantitative estimate of drug-likeness (QED) is 0.761. The van der Waals surface area contributed by atoms with Crippen LogP contribution >= 0.6 is 0 Å². The second-order valence-corrected chi connectivity index (χ2v) is 3.70. The van der Waals surface area contributed by atoms with E-state index in [1.54, 1.807) is 6.92 Å². The van der Waals surface area contributed by atoms with Gasteiger partial charge < -0.3 is 4.74 Å². The average Bonchev–Trinajstić information content (AvgIpc) is 2.27. The van der Waals surface area contributed by atoms with Crippen LogP contribution in [0, 0.1) is 0 Å². The molecule has 1 atom stereocenters. The van der Waals surface area contributed by atoms with Crippen LogP contribution in [0.4, 0.5) is 13.2 Å². The van der Waals surface area contributed by atoms with Crippen LogP contribution in [0.5, 0.6) is 0 Å². The minimum atomic E-state index is -4.39. The SMILES string of the molecule is CCC(C)OC(=O)c1ccc(C(F)(F)F)cc1. The van der Waals surface area contributed by atoms with E-state index in [0.29, 0.717) is 6.42 Å². The molecule has 0 aliphatic carbocycles. The third kappa shape index (κ3) is 3.76. The highest BCUT2D eigenvalue weighted by atomic mass is 19.4. The minimum Gasteiger partial charge on any atom is -0.459 e. The van der Waals surface area contributed by atoms with Crippen molar-refractivity contribution >= 4 is 5.97 Å². The molecule has 0 spiro atoms. The van der Waals surface area contributed by atoms with E-state index in [9.17, 15) is 18.0 Å². The number of benzene rings is 1. The number of halogens is 3. The Morgan fingerprint density at radius 3 is 2.24 bits per heavy atom. The Morgan fingerprint density at radius 2 is 1.82 bits per heavy atom. The molecule has 1 unspecified atom stereocenters. The number of ether oxygens (including phenoxy) is 1. The highest BCUT2D eigenvalue weighted by Gasteiger charge is 2.30. The van der Waals surface area contributed by atoms with Gasteiger partial charge in [-0.2, -0.15) is 13.2 Å². The van der Waals surface area contributed by atoms with Gasteiger partial charge in [0.1, 0.15) is 0 Å². The van der Waals surface area contributed by atoms with Gasteiger partial charge in [0.15, 0.2) is 0 Å². The number of hydrogen-bond donors (Lipinski definition) is 0. The van der Waals surface area contributed by atoms with Gasteiger partial charge >= 0.3 is 12.1 Å². The Labute approximate surface area is 97.4 Å². The molecule has 94 valence electrons. The molecule has 0 aliphatic rings. The van der Waals surface area contributed by atoms with Crippen molar-refractivity contribution in [2.45, 2.75) is 32.5 Å². The number of esters is 1. The lowest BCUT2D eigenvalue weighted by Gasteiger charge is -2.11. The van der Waals surface area contributed by atoms with E-state index in [1.807, 2.05) is 6.92 Å². The van der Waals surface area contributed by atoms with E-state index in [-0.39, 0.29) is 11.7 Å². The molecule has 0 heterocycles. The van der Waals surface area contributed by atoms with Crippen molar-refractivity contribution in [3.05, 3.63) is 35.4 Å². The number of rotatable bonds is 3. The summed E-state index contributed by atoms with van der Waals surface area (Å²) in [7, 11) is 0. The molecule has 5 heteroatoms. The Bertz CT molecular complexity index is 382. The first kappa shape index (κ1) is 13.5. The molecule has 1 aromatic carbocycles. The predicted molar refractivity (Wildman–Crippen MR) is 56.6 cm³/mol. The van der Waals surface area contributed by atoms with Crippen molar-refractivity contribution in [2.75, 3.05) is 0 Å². The topological polar surface area (TPSA) is 26.3 Å². The first-order valence-corrected chi connectivity index (χ1v) is 5.22. The van der Waals surface area contributed by atoms with Crippen LogP contribution in [-0.4, -0.2) is 12.1 Å². The normalized spacial score (nSPS) is 13.2. The van der Waals surface area contributed by atoms with E-state index in [0.717, 1.165) is 24.3 Å². The smallest absolute Gasteiger partial charge is 0.416 e. The second kappa shape index (κ2) is 5.21. The van der Waals surface area contributed by atoms with E-state index >= 15 is 0 Å².